The molecule has 5 heteroatoms. The van der Waals surface area contributed by atoms with Gasteiger partial charge in [0.1, 0.15) is 0 Å². The summed E-state index contributed by atoms with van der Waals surface area (Å²) in [6.45, 7) is 0.918. The number of hydrogen-bond donors (Lipinski definition) is 1. The number of fused-ring (bicyclic) bond motifs is 1. The number of benzene rings is 1. The Morgan fingerprint density at radius 1 is 1.11 bits per heavy atom. The van der Waals surface area contributed by atoms with Gasteiger partial charge in [0.15, 0.2) is 11.5 Å². The van der Waals surface area contributed by atoms with Gasteiger partial charge >= 0.3 is 0 Å². The van der Waals surface area contributed by atoms with Crippen molar-refractivity contribution in [2.45, 2.75) is 44.6 Å². The van der Waals surface area contributed by atoms with Crippen LogP contribution < -0.4 is 14.8 Å². The third-order valence-electron chi connectivity index (χ3n) is 7.38. The van der Waals surface area contributed by atoms with E-state index in [-0.39, 0.29) is 18.2 Å². The van der Waals surface area contributed by atoms with Gasteiger partial charge in [-0.05, 0) is 88.1 Å². The maximum Gasteiger partial charge on any atom is 0.231 e. The summed E-state index contributed by atoms with van der Waals surface area (Å²) < 4.78 is 11.0. The second kappa shape index (κ2) is 6.40. The highest BCUT2D eigenvalue weighted by molar-refractivity contribution is 5.83. The molecule has 1 aromatic carbocycles. The van der Waals surface area contributed by atoms with Gasteiger partial charge in [0.05, 0.1) is 6.04 Å². The van der Waals surface area contributed by atoms with Crippen LogP contribution in [0.25, 0.3) is 0 Å². The van der Waals surface area contributed by atoms with Crippen LogP contribution in [0.1, 0.15) is 50.1 Å². The lowest BCUT2D eigenvalue weighted by Crippen LogP contribution is -2.54. The third kappa shape index (κ3) is 3.00. The van der Waals surface area contributed by atoms with Crippen LogP contribution in [-0.4, -0.2) is 38.2 Å². The quantitative estimate of drug-likeness (QED) is 0.864. The molecule has 4 fully saturated rings. The Kier molecular flexibility index (Phi) is 4.12. The highest BCUT2D eigenvalue weighted by Gasteiger charge is 2.54. The van der Waals surface area contributed by atoms with E-state index in [4.69, 9.17) is 9.47 Å². The first kappa shape index (κ1) is 17.4. The van der Waals surface area contributed by atoms with Gasteiger partial charge in [-0.25, -0.2) is 0 Å². The number of likely N-dealkylation sites (N-methyl/N-ethyl adjacent to an activating group) is 1. The number of hydrogen-bond acceptors (Lipinski definition) is 4. The number of nitrogens with one attached hydrogen (secondary N) is 1. The molecule has 1 heterocycles. The van der Waals surface area contributed by atoms with Crippen LogP contribution in [-0.2, 0) is 4.79 Å². The van der Waals surface area contributed by atoms with Gasteiger partial charge in [-0.2, -0.15) is 0 Å². The fraction of sp³-hybridized carbons (Fsp3) is 0.682. The van der Waals surface area contributed by atoms with Crippen LogP contribution in [0, 0.1) is 23.2 Å². The van der Waals surface area contributed by atoms with Crippen molar-refractivity contribution in [2.75, 3.05) is 27.4 Å². The van der Waals surface area contributed by atoms with Crippen molar-refractivity contribution in [3.05, 3.63) is 23.8 Å². The van der Waals surface area contributed by atoms with Crippen molar-refractivity contribution in [1.29, 1.82) is 0 Å². The topological polar surface area (TPSA) is 50.8 Å². The minimum Gasteiger partial charge on any atom is -0.454 e. The molecule has 1 amide bonds. The second-order valence-corrected chi connectivity index (χ2v) is 9.50. The molecule has 0 radical (unpaired) electrons. The molecule has 5 aliphatic rings. The summed E-state index contributed by atoms with van der Waals surface area (Å²) in [5, 5.41) is 3.33. The fourth-order valence-corrected chi connectivity index (χ4v) is 6.48. The summed E-state index contributed by atoms with van der Waals surface area (Å²) in [5.74, 6) is 4.27. The standard InChI is InChI=1S/C22H30N2O3/c1-24(2)18(17-3-4-19-20(8-17)27-13-26-19)12-23-21(25)22-9-14-5-15(10-22)7-16(6-14)11-22/h3-4,8,14-16,18H,5-7,9-13H2,1-2H3,(H,23,25). The van der Waals surface area contributed by atoms with Gasteiger partial charge in [0.2, 0.25) is 12.7 Å². The predicted octanol–water partition coefficient (Wildman–Crippen LogP) is 3.35. The monoisotopic (exact) mass is 370 g/mol. The van der Waals surface area contributed by atoms with Crippen LogP contribution in [0.4, 0.5) is 0 Å². The molecule has 1 unspecified atom stereocenters. The van der Waals surface area contributed by atoms with Crippen molar-refractivity contribution in [1.82, 2.24) is 10.2 Å². The molecule has 0 saturated heterocycles. The van der Waals surface area contributed by atoms with Crippen LogP contribution in [0.15, 0.2) is 18.2 Å². The van der Waals surface area contributed by atoms with Gasteiger partial charge in [-0.3, -0.25) is 4.79 Å². The van der Waals surface area contributed by atoms with Crippen molar-refractivity contribution in [3.8, 4) is 11.5 Å². The molecule has 1 N–H and O–H groups in total. The Morgan fingerprint density at radius 2 is 1.74 bits per heavy atom. The minimum atomic E-state index is -0.0828. The zero-order valence-electron chi connectivity index (χ0n) is 16.4. The lowest BCUT2D eigenvalue weighted by Gasteiger charge is -2.55. The summed E-state index contributed by atoms with van der Waals surface area (Å²) in [6.07, 6.45) is 7.43. The van der Waals surface area contributed by atoms with E-state index in [1.54, 1.807) is 0 Å². The molecule has 4 aliphatic carbocycles. The van der Waals surface area contributed by atoms with Gasteiger partial charge in [0, 0.05) is 12.0 Å². The summed E-state index contributed by atoms with van der Waals surface area (Å²) >= 11 is 0. The number of nitrogens with zero attached hydrogens (tertiary/aromatic N) is 1. The normalized spacial score (nSPS) is 34.1. The summed E-state index contributed by atoms with van der Waals surface area (Å²) in [6, 6.07) is 6.21. The zero-order valence-corrected chi connectivity index (χ0v) is 16.4. The highest BCUT2D eigenvalue weighted by Crippen LogP contribution is 2.60. The third-order valence-corrected chi connectivity index (χ3v) is 7.38. The zero-order chi connectivity index (χ0) is 18.6. The summed E-state index contributed by atoms with van der Waals surface area (Å²) in [7, 11) is 4.12. The molecule has 6 rings (SSSR count). The van der Waals surface area contributed by atoms with Crippen molar-refractivity contribution < 1.29 is 14.3 Å². The molecule has 4 bridgehead atoms. The van der Waals surface area contributed by atoms with Crippen molar-refractivity contribution in [3.63, 3.8) is 0 Å². The molecular formula is C22H30N2O3. The van der Waals surface area contributed by atoms with Crippen molar-refractivity contribution in [2.24, 2.45) is 23.2 Å². The Bertz CT molecular complexity index is 710. The molecule has 0 spiro atoms. The van der Waals surface area contributed by atoms with Crippen LogP contribution in [0.3, 0.4) is 0 Å². The molecule has 5 nitrogen and oxygen atoms in total. The maximum atomic E-state index is 13.3. The van der Waals surface area contributed by atoms with E-state index in [9.17, 15) is 4.79 Å². The van der Waals surface area contributed by atoms with E-state index < -0.39 is 0 Å². The smallest absolute Gasteiger partial charge is 0.231 e. The molecular weight excluding hydrogens is 340 g/mol. The SMILES string of the molecule is CN(C)C(CNC(=O)C12CC3CC(CC(C3)C1)C2)c1ccc2c(c1)OCO2. The molecule has 1 aliphatic heterocycles. The van der Waals surface area contributed by atoms with Gasteiger partial charge in [-0.1, -0.05) is 6.07 Å². The molecule has 27 heavy (non-hydrogen) atoms. The van der Waals surface area contributed by atoms with Crippen LogP contribution in [0.5, 0.6) is 11.5 Å². The van der Waals surface area contributed by atoms with E-state index in [2.05, 4.69) is 30.4 Å². The van der Waals surface area contributed by atoms with E-state index in [1.807, 2.05) is 12.1 Å². The number of carbonyl (C=O) groups excluding carboxylic acids is 1. The van der Waals surface area contributed by atoms with Crippen molar-refractivity contribution >= 4 is 5.91 Å². The van der Waals surface area contributed by atoms with Gasteiger partial charge in [-0.15, -0.1) is 0 Å². The predicted molar refractivity (Wildman–Crippen MR) is 103 cm³/mol. The Balaban J connectivity index is 1.29. The average Bonchev–Trinajstić information content (AvgIpc) is 3.08. The fourth-order valence-electron chi connectivity index (χ4n) is 6.48. The van der Waals surface area contributed by atoms with E-state index in [1.165, 1.54) is 19.3 Å². The lowest BCUT2D eigenvalue weighted by atomic mass is 9.49. The Labute approximate surface area is 161 Å². The van der Waals surface area contributed by atoms with E-state index in [0.717, 1.165) is 54.1 Å². The number of ether oxygens (including phenoxy) is 2. The first-order valence-corrected chi connectivity index (χ1v) is 10.4. The molecule has 1 aromatic rings. The molecule has 4 saturated carbocycles. The van der Waals surface area contributed by atoms with E-state index in [0.29, 0.717) is 12.5 Å². The van der Waals surface area contributed by atoms with Crippen LogP contribution in [0.2, 0.25) is 0 Å². The van der Waals surface area contributed by atoms with Gasteiger partial charge in [0.25, 0.3) is 0 Å². The Hall–Kier alpha value is -1.75. The summed E-state index contributed by atoms with van der Waals surface area (Å²) in [5.41, 5.74) is 1.07. The molecule has 1 atom stereocenters. The molecule has 0 aromatic heterocycles. The largest absolute Gasteiger partial charge is 0.454 e. The summed E-state index contributed by atoms with van der Waals surface area (Å²) in [4.78, 5) is 15.4. The first-order chi connectivity index (χ1) is 13.0. The molecule has 146 valence electrons. The van der Waals surface area contributed by atoms with E-state index >= 15 is 0 Å². The minimum absolute atomic E-state index is 0.0828. The number of amides is 1. The lowest BCUT2D eigenvalue weighted by molar-refractivity contribution is -0.146. The second-order valence-electron chi connectivity index (χ2n) is 9.50. The van der Waals surface area contributed by atoms with Gasteiger partial charge < -0.3 is 19.7 Å². The average molecular weight is 370 g/mol. The number of carbonyl (C=O) groups is 1. The first-order valence-electron chi connectivity index (χ1n) is 10.4. The maximum absolute atomic E-state index is 13.3. The highest BCUT2D eigenvalue weighted by atomic mass is 16.7. The number of rotatable bonds is 5. The van der Waals surface area contributed by atoms with Crippen LogP contribution >= 0.6 is 0 Å². The Morgan fingerprint density at radius 3 is 2.37 bits per heavy atom.